The molecule has 0 aliphatic carbocycles. The molecule has 2 aromatic carbocycles. The monoisotopic (exact) mass is 548 g/mol. The summed E-state index contributed by atoms with van der Waals surface area (Å²) >= 11 is 1.93. The first-order valence-electron chi connectivity index (χ1n) is 10.1. The number of hydrogen-bond acceptors (Lipinski definition) is 4. The Kier molecular flexibility index (Phi) is 7.82. The maximum absolute atomic E-state index is 14.5. The summed E-state index contributed by atoms with van der Waals surface area (Å²) in [5.74, 6) is -3.66. The lowest BCUT2D eigenvalue weighted by Gasteiger charge is -2.46. The van der Waals surface area contributed by atoms with E-state index in [0.717, 1.165) is 37.8 Å². The lowest BCUT2D eigenvalue weighted by molar-refractivity contribution is -0.0869. The van der Waals surface area contributed by atoms with Crippen LogP contribution in [0.3, 0.4) is 0 Å². The average Bonchev–Trinajstić information content (AvgIpc) is 2.70. The molecule has 31 heavy (non-hydrogen) atoms. The van der Waals surface area contributed by atoms with Gasteiger partial charge in [0.2, 0.25) is 0 Å². The van der Waals surface area contributed by atoms with Crippen LogP contribution in [0.2, 0.25) is 0 Å². The van der Waals surface area contributed by atoms with Crippen molar-refractivity contribution in [2.24, 2.45) is 0 Å². The second kappa shape index (κ2) is 10.2. The van der Waals surface area contributed by atoms with Crippen LogP contribution in [0.15, 0.2) is 30.3 Å². The van der Waals surface area contributed by atoms with Crippen molar-refractivity contribution in [2.45, 2.75) is 37.7 Å². The fourth-order valence-electron chi connectivity index (χ4n) is 3.63. The van der Waals surface area contributed by atoms with Crippen molar-refractivity contribution >= 4 is 39.9 Å². The molecular weight excluding hydrogens is 524 g/mol. The van der Waals surface area contributed by atoms with Crippen LogP contribution in [-0.4, -0.2) is 46.3 Å². The van der Waals surface area contributed by atoms with Gasteiger partial charge in [0.1, 0.15) is 5.82 Å². The number of halogens is 4. The van der Waals surface area contributed by atoms with E-state index in [9.17, 15) is 23.1 Å². The van der Waals surface area contributed by atoms with Gasteiger partial charge in [-0.15, -0.1) is 0 Å². The number of β-amino-alcohol motifs (C(OH)–C–C–N with tert-alkyl or cyclic N) is 1. The largest absolute Gasteiger partial charge is 0.396 e. The third-order valence-electron chi connectivity index (χ3n) is 5.32. The molecule has 0 bridgehead atoms. The molecule has 1 amide bonds. The van der Waals surface area contributed by atoms with E-state index in [-0.39, 0.29) is 30.9 Å². The van der Waals surface area contributed by atoms with Gasteiger partial charge in [-0.05, 0) is 65.8 Å². The molecule has 1 fully saturated rings. The van der Waals surface area contributed by atoms with Gasteiger partial charge in [0.25, 0.3) is 5.91 Å². The Balaban J connectivity index is 1.71. The number of amides is 1. The van der Waals surface area contributed by atoms with E-state index in [1.165, 1.54) is 17.0 Å². The van der Waals surface area contributed by atoms with Crippen molar-refractivity contribution in [1.29, 1.82) is 0 Å². The number of nitrogens with one attached hydrogen (secondary N) is 1. The van der Waals surface area contributed by atoms with E-state index in [1.807, 2.05) is 22.6 Å². The Hall–Kier alpha value is -1.85. The first-order valence-corrected chi connectivity index (χ1v) is 11.1. The SMILES string of the molecule is O=C(c1ccc(F)c(F)c1Nc1ccc(I)cc1F)N1CC(O)(CCCCCCO)C1. The van der Waals surface area contributed by atoms with E-state index in [0.29, 0.717) is 9.99 Å². The summed E-state index contributed by atoms with van der Waals surface area (Å²) in [6.07, 6.45) is 3.74. The third kappa shape index (κ3) is 5.69. The van der Waals surface area contributed by atoms with Crippen molar-refractivity contribution in [3.05, 3.63) is 56.9 Å². The fraction of sp³-hybridized carbons (Fsp3) is 0.409. The number of benzene rings is 2. The van der Waals surface area contributed by atoms with Gasteiger partial charge in [-0.3, -0.25) is 4.79 Å². The molecule has 1 aliphatic heterocycles. The van der Waals surface area contributed by atoms with E-state index < -0.39 is 34.6 Å². The van der Waals surface area contributed by atoms with Gasteiger partial charge in [0.15, 0.2) is 11.6 Å². The molecule has 1 saturated heterocycles. The zero-order valence-corrected chi connectivity index (χ0v) is 19.0. The second-order valence-corrected chi connectivity index (χ2v) is 9.05. The lowest BCUT2D eigenvalue weighted by atomic mass is 9.87. The van der Waals surface area contributed by atoms with Crippen LogP contribution in [0, 0.1) is 21.0 Å². The smallest absolute Gasteiger partial charge is 0.256 e. The molecule has 0 radical (unpaired) electrons. The molecule has 5 nitrogen and oxygen atoms in total. The molecule has 0 atom stereocenters. The maximum atomic E-state index is 14.5. The minimum Gasteiger partial charge on any atom is -0.396 e. The molecule has 0 aromatic heterocycles. The molecular formula is C22H24F3IN2O3. The summed E-state index contributed by atoms with van der Waals surface area (Å²) in [5, 5.41) is 21.9. The Morgan fingerprint density at radius 2 is 1.77 bits per heavy atom. The quantitative estimate of drug-likeness (QED) is 0.317. The highest BCUT2D eigenvalue weighted by molar-refractivity contribution is 14.1. The normalized spacial score (nSPS) is 15.0. The molecule has 2 aromatic rings. The minimum absolute atomic E-state index is 0.0815. The molecule has 168 valence electrons. The highest BCUT2D eigenvalue weighted by Gasteiger charge is 2.43. The Morgan fingerprint density at radius 1 is 1.06 bits per heavy atom. The number of anilines is 2. The molecule has 0 unspecified atom stereocenters. The topological polar surface area (TPSA) is 72.8 Å². The molecule has 0 spiro atoms. The Bertz CT molecular complexity index is 952. The number of rotatable bonds is 9. The van der Waals surface area contributed by atoms with E-state index >= 15 is 0 Å². The summed E-state index contributed by atoms with van der Waals surface area (Å²) in [6, 6.07) is 6.22. The van der Waals surface area contributed by atoms with Gasteiger partial charge in [0, 0.05) is 10.2 Å². The Morgan fingerprint density at radius 3 is 2.45 bits per heavy atom. The number of unbranched alkanes of at least 4 members (excludes halogenated alkanes) is 3. The van der Waals surface area contributed by atoms with Gasteiger partial charge in [0.05, 0.1) is 35.6 Å². The van der Waals surface area contributed by atoms with Crippen LogP contribution < -0.4 is 5.32 Å². The number of aliphatic hydroxyl groups excluding tert-OH is 1. The molecule has 9 heteroatoms. The summed E-state index contributed by atoms with van der Waals surface area (Å²) in [7, 11) is 0. The van der Waals surface area contributed by atoms with Gasteiger partial charge >= 0.3 is 0 Å². The minimum atomic E-state index is -1.27. The zero-order valence-electron chi connectivity index (χ0n) is 16.8. The predicted molar refractivity (Wildman–Crippen MR) is 120 cm³/mol. The van der Waals surface area contributed by atoms with Crippen molar-refractivity contribution < 1.29 is 28.2 Å². The number of carbonyl (C=O) groups is 1. The van der Waals surface area contributed by atoms with Gasteiger partial charge < -0.3 is 20.4 Å². The van der Waals surface area contributed by atoms with Crippen LogP contribution in [-0.2, 0) is 0 Å². The van der Waals surface area contributed by atoms with E-state index in [1.54, 1.807) is 6.07 Å². The van der Waals surface area contributed by atoms with E-state index in [4.69, 9.17) is 5.11 Å². The van der Waals surface area contributed by atoms with Gasteiger partial charge in [-0.1, -0.05) is 19.3 Å². The second-order valence-electron chi connectivity index (χ2n) is 7.81. The molecule has 0 saturated carbocycles. The molecule has 1 heterocycles. The number of nitrogens with zero attached hydrogens (tertiary/aromatic N) is 1. The van der Waals surface area contributed by atoms with Crippen LogP contribution >= 0.6 is 22.6 Å². The number of hydrogen-bond donors (Lipinski definition) is 3. The van der Waals surface area contributed by atoms with Crippen LogP contribution in [0.25, 0.3) is 0 Å². The first-order chi connectivity index (χ1) is 14.7. The maximum Gasteiger partial charge on any atom is 0.256 e. The predicted octanol–water partition coefficient (Wildman–Crippen LogP) is 4.58. The van der Waals surface area contributed by atoms with Crippen molar-refractivity contribution in [1.82, 2.24) is 4.90 Å². The van der Waals surface area contributed by atoms with Gasteiger partial charge in [-0.2, -0.15) is 0 Å². The van der Waals surface area contributed by atoms with Crippen LogP contribution in [0.5, 0.6) is 0 Å². The van der Waals surface area contributed by atoms with Crippen LogP contribution in [0.4, 0.5) is 24.5 Å². The number of carbonyl (C=O) groups excluding carboxylic acids is 1. The highest BCUT2D eigenvalue weighted by atomic mass is 127. The molecule has 3 rings (SSSR count). The standard InChI is InChI=1S/C22H24F3IN2O3/c23-16-7-6-15(20(19(16)25)27-18-8-5-14(26)11-17(18)24)21(30)28-12-22(31,13-28)9-3-1-2-4-10-29/h5-8,11,27,29,31H,1-4,9-10,12-13H2. The molecule has 3 N–H and O–H groups in total. The lowest BCUT2D eigenvalue weighted by Crippen LogP contribution is -2.63. The van der Waals surface area contributed by atoms with Crippen LogP contribution in [0.1, 0.15) is 42.5 Å². The van der Waals surface area contributed by atoms with E-state index in [2.05, 4.69) is 5.32 Å². The van der Waals surface area contributed by atoms with Gasteiger partial charge in [-0.25, -0.2) is 13.2 Å². The fourth-order valence-corrected chi connectivity index (χ4v) is 4.09. The summed E-state index contributed by atoms with van der Waals surface area (Å²) in [4.78, 5) is 14.3. The first kappa shape index (κ1) is 23.8. The Labute approximate surface area is 192 Å². The number of aliphatic hydroxyl groups is 2. The summed E-state index contributed by atoms with van der Waals surface area (Å²) < 4.78 is 43.2. The highest BCUT2D eigenvalue weighted by Crippen LogP contribution is 2.33. The average molecular weight is 548 g/mol. The molecule has 1 aliphatic rings. The third-order valence-corrected chi connectivity index (χ3v) is 5.99. The van der Waals surface area contributed by atoms with Crippen molar-refractivity contribution in [3.8, 4) is 0 Å². The summed E-state index contributed by atoms with van der Waals surface area (Å²) in [6.45, 7) is 0.313. The summed E-state index contributed by atoms with van der Waals surface area (Å²) in [5.41, 5.74) is -1.67. The van der Waals surface area contributed by atoms with Crippen molar-refractivity contribution in [2.75, 3.05) is 25.0 Å². The zero-order chi connectivity index (χ0) is 22.6. The van der Waals surface area contributed by atoms with Crippen molar-refractivity contribution in [3.63, 3.8) is 0 Å². The number of likely N-dealkylation sites (tertiary alicyclic amines) is 1.